The molecule has 0 fully saturated rings. The van der Waals surface area contributed by atoms with Gasteiger partial charge in [-0.1, -0.05) is 0 Å². The first-order valence-electron chi connectivity index (χ1n) is 4.21. The summed E-state index contributed by atoms with van der Waals surface area (Å²) >= 11 is 0. The SMILES string of the molecule is CCOC(=O)C1=C[C@H](O)CC1C=O. The summed E-state index contributed by atoms with van der Waals surface area (Å²) in [6, 6.07) is 0. The molecule has 1 rings (SSSR count). The van der Waals surface area contributed by atoms with Crippen molar-refractivity contribution in [1.29, 1.82) is 0 Å². The molecule has 72 valence electrons. The number of aliphatic hydroxyl groups excluding tert-OH is 1. The fraction of sp³-hybridized carbons (Fsp3) is 0.556. The smallest absolute Gasteiger partial charge is 0.334 e. The molecule has 0 bridgehead atoms. The molecule has 1 aliphatic carbocycles. The molecular formula is C9H12O4. The van der Waals surface area contributed by atoms with Crippen LogP contribution in [-0.4, -0.2) is 30.1 Å². The van der Waals surface area contributed by atoms with Gasteiger partial charge in [0.1, 0.15) is 6.29 Å². The van der Waals surface area contributed by atoms with Crippen molar-refractivity contribution in [2.45, 2.75) is 19.4 Å². The summed E-state index contributed by atoms with van der Waals surface area (Å²) in [6.45, 7) is 1.97. The fourth-order valence-electron chi connectivity index (χ4n) is 1.35. The van der Waals surface area contributed by atoms with Crippen LogP contribution in [0.5, 0.6) is 0 Å². The summed E-state index contributed by atoms with van der Waals surface area (Å²) in [5, 5.41) is 9.18. The van der Waals surface area contributed by atoms with Gasteiger partial charge in [-0.15, -0.1) is 0 Å². The number of carbonyl (C=O) groups excluding carboxylic acids is 2. The highest BCUT2D eigenvalue weighted by molar-refractivity contribution is 5.93. The second kappa shape index (κ2) is 4.18. The first kappa shape index (κ1) is 9.92. The molecule has 0 amide bonds. The van der Waals surface area contributed by atoms with Gasteiger partial charge in [-0.3, -0.25) is 0 Å². The Morgan fingerprint density at radius 3 is 3.08 bits per heavy atom. The Morgan fingerprint density at radius 2 is 2.54 bits per heavy atom. The molecule has 0 aromatic rings. The number of esters is 1. The number of carbonyl (C=O) groups is 2. The minimum Gasteiger partial charge on any atom is -0.463 e. The number of ether oxygens (including phenoxy) is 1. The third kappa shape index (κ3) is 2.15. The van der Waals surface area contributed by atoms with Crippen LogP contribution in [0.1, 0.15) is 13.3 Å². The van der Waals surface area contributed by atoms with Gasteiger partial charge in [0.2, 0.25) is 0 Å². The second-order valence-corrected chi connectivity index (χ2v) is 2.89. The fourth-order valence-corrected chi connectivity index (χ4v) is 1.35. The van der Waals surface area contributed by atoms with E-state index in [2.05, 4.69) is 0 Å². The van der Waals surface area contributed by atoms with Crippen LogP contribution in [0.2, 0.25) is 0 Å². The Kier molecular flexibility index (Phi) is 3.19. The molecular weight excluding hydrogens is 172 g/mol. The minimum atomic E-state index is -0.699. The standard InChI is InChI=1S/C9H12O4/c1-2-13-9(12)8-4-7(11)3-6(8)5-10/h4-7,11H,2-3H2,1H3/t6?,7-/m1/s1. The summed E-state index contributed by atoms with van der Waals surface area (Å²) in [7, 11) is 0. The van der Waals surface area contributed by atoms with E-state index in [1.807, 2.05) is 0 Å². The van der Waals surface area contributed by atoms with Gasteiger partial charge in [-0.2, -0.15) is 0 Å². The van der Waals surface area contributed by atoms with Gasteiger partial charge in [0.05, 0.1) is 12.7 Å². The van der Waals surface area contributed by atoms with Gasteiger partial charge >= 0.3 is 5.97 Å². The molecule has 13 heavy (non-hydrogen) atoms. The predicted octanol–water partition coefficient (Wildman–Crippen LogP) is 0.0556. The summed E-state index contributed by atoms with van der Waals surface area (Å²) in [6.07, 6.45) is 1.64. The van der Waals surface area contributed by atoms with Crippen LogP contribution >= 0.6 is 0 Å². The largest absolute Gasteiger partial charge is 0.463 e. The average molecular weight is 184 g/mol. The number of aliphatic hydroxyl groups is 1. The summed E-state index contributed by atoms with van der Waals surface area (Å²) in [4.78, 5) is 21.7. The normalized spacial score (nSPS) is 26.8. The Labute approximate surface area is 76.2 Å². The van der Waals surface area contributed by atoms with Crippen molar-refractivity contribution < 1.29 is 19.4 Å². The lowest BCUT2D eigenvalue weighted by Gasteiger charge is -2.05. The van der Waals surface area contributed by atoms with Crippen LogP contribution in [0, 0.1) is 5.92 Å². The average Bonchev–Trinajstić information content (AvgIpc) is 2.47. The molecule has 4 nitrogen and oxygen atoms in total. The molecule has 0 saturated heterocycles. The van der Waals surface area contributed by atoms with E-state index in [9.17, 15) is 14.7 Å². The highest BCUT2D eigenvalue weighted by Crippen LogP contribution is 2.25. The monoisotopic (exact) mass is 184 g/mol. The lowest BCUT2D eigenvalue weighted by Crippen LogP contribution is -2.14. The van der Waals surface area contributed by atoms with E-state index in [0.29, 0.717) is 6.29 Å². The maximum atomic E-state index is 11.2. The van der Waals surface area contributed by atoms with Crippen molar-refractivity contribution in [3.63, 3.8) is 0 Å². The lowest BCUT2D eigenvalue weighted by atomic mass is 10.0. The summed E-state index contributed by atoms with van der Waals surface area (Å²) in [5.41, 5.74) is 0.282. The number of hydrogen-bond acceptors (Lipinski definition) is 4. The minimum absolute atomic E-state index is 0.276. The van der Waals surface area contributed by atoms with Gasteiger partial charge in [-0.05, 0) is 19.4 Å². The highest BCUT2D eigenvalue weighted by atomic mass is 16.5. The summed E-state index contributed by atoms with van der Waals surface area (Å²) < 4.78 is 4.73. The van der Waals surface area contributed by atoms with Crippen LogP contribution < -0.4 is 0 Å². The molecule has 0 saturated carbocycles. The van der Waals surface area contributed by atoms with Crippen molar-refractivity contribution in [3.05, 3.63) is 11.6 Å². The van der Waals surface area contributed by atoms with E-state index in [0.717, 1.165) is 0 Å². The molecule has 1 aliphatic rings. The molecule has 1 unspecified atom stereocenters. The lowest BCUT2D eigenvalue weighted by molar-refractivity contribution is -0.139. The molecule has 0 radical (unpaired) electrons. The van der Waals surface area contributed by atoms with Gasteiger partial charge in [-0.25, -0.2) is 4.79 Å². The van der Waals surface area contributed by atoms with Crippen LogP contribution in [0.25, 0.3) is 0 Å². The topological polar surface area (TPSA) is 63.6 Å². The second-order valence-electron chi connectivity index (χ2n) is 2.89. The van der Waals surface area contributed by atoms with Gasteiger partial charge in [0.15, 0.2) is 0 Å². The zero-order valence-electron chi connectivity index (χ0n) is 7.40. The van der Waals surface area contributed by atoms with Crippen LogP contribution in [0.4, 0.5) is 0 Å². The third-order valence-corrected chi connectivity index (χ3v) is 1.94. The Hall–Kier alpha value is -1.16. The maximum Gasteiger partial charge on any atom is 0.334 e. The van der Waals surface area contributed by atoms with E-state index < -0.39 is 18.0 Å². The Bertz CT molecular complexity index is 244. The molecule has 0 aromatic carbocycles. The molecule has 0 spiro atoms. The zero-order chi connectivity index (χ0) is 9.84. The first-order valence-corrected chi connectivity index (χ1v) is 4.21. The molecule has 1 N–H and O–H groups in total. The first-order chi connectivity index (χ1) is 6.19. The van der Waals surface area contributed by atoms with E-state index >= 15 is 0 Å². The third-order valence-electron chi connectivity index (χ3n) is 1.94. The van der Waals surface area contributed by atoms with Gasteiger partial charge < -0.3 is 14.6 Å². The number of aldehydes is 1. The van der Waals surface area contributed by atoms with Crippen molar-refractivity contribution in [2.75, 3.05) is 6.61 Å². The van der Waals surface area contributed by atoms with E-state index in [-0.39, 0.29) is 18.6 Å². The van der Waals surface area contributed by atoms with E-state index in [1.165, 1.54) is 6.08 Å². The van der Waals surface area contributed by atoms with Crippen molar-refractivity contribution in [1.82, 2.24) is 0 Å². The Balaban J connectivity index is 2.71. The van der Waals surface area contributed by atoms with Crippen molar-refractivity contribution in [3.8, 4) is 0 Å². The summed E-state index contributed by atoms with van der Waals surface area (Å²) in [5.74, 6) is -1.01. The maximum absolute atomic E-state index is 11.2. The number of hydrogen-bond donors (Lipinski definition) is 1. The molecule has 0 aromatic heterocycles. The molecule has 2 atom stereocenters. The number of rotatable bonds is 3. The Morgan fingerprint density at radius 1 is 1.85 bits per heavy atom. The van der Waals surface area contributed by atoms with Crippen molar-refractivity contribution >= 4 is 12.3 Å². The predicted molar refractivity (Wildman–Crippen MR) is 44.9 cm³/mol. The van der Waals surface area contributed by atoms with Gasteiger partial charge in [0.25, 0.3) is 0 Å². The molecule has 0 heterocycles. The van der Waals surface area contributed by atoms with E-state index in [4.69, 9.17) is 4.74 Å². The van der Waals surface area contributed by atoms with E-state index in [1.54, 1.807) is 6.92 Å². The van der Waals surface area contributed by atoms with Crippen LogP contribution in [-0.2, 0) is 14.3 Å². The van der Waals surface area contributed by atoms with Crippen LogP contribution in [0.15, 0.2) is 11.6 Å². The quantitative estimate of drug-likeness (QED) is 0.497. The van der Waals surface area contributed by atoms with Crippen LogP contribution in [0.3, 0.4) is 0 Å². The molecule has 0 aliphatic heterocycles. The highest BCUT2D eigenvalue weighted by Gasteiger charge is 2.30. The van der Waals surface area contributed by atoms with Crippen molar-refractivity contribution in [2.24, 2.45) is 5.92 Å². The molecule has 4 heteroatoms. The van der Waals surface area contributed by atoms with Gasteiger partial charge in [0, 0.05) is 11.5 Å². The zero-order valence-corrected chi connectivity index (χ0v) is 7.40.